The van der Waals surface area contributed by atoms with Crippen molar-refractivity contribution in [1.29, 1.82) is 0 Å². The maximum absolute atomic E-state index is 10.7. The topological polar surface area (TPSA) is 83.5 Å². The Bertz CT molecular complexity index is 370. The summed E-state index contributed by atoms with van der Waals surface area (Å²) in [6.07, 6.45) is 4.00. The number of rotatable bonds is 5. The van der Waals surface area contributed by atoms with Gasteiger partial charge in [0.25, 0.3) is 0 Å². The average Bonchev–Trinajstić information content (AvgIpc) is 2.26. The number of carboxylic acids is 1. The number of carboxylic acid groups (broad SMARTS) is 1. The predicted molar refractivity (Wildman–Crippen MR) is 61.9 cm³/mol. The molecule has 1 unspecified atom stereocenters. The molecule has 0 spiro atoms. The molecule has 4 heteroatoms. The molecule has 0 amide bonds. The summed E-state index contributed by atoms with van der Waals surface area (Å²) >= 11 is 0. The molecule has 0 saturated carbocycles. The molecular formula is C12H15NO3. The number of carbonyl (C=O) groups is 1. The van der Waals surface area contributed by atoms with E-state index in [-0.39, 0.29) is 12.3 Å². The Morgan fingerprint density at radius 1 is 1.38 bits per heavy atom. The first kappa shape index (κ1) is 12.3. The summed E-state index contributed by atoms with van der Waals surface area (Å²) < 4.78 is 0. The van der Waals surface area contributed by atoms with Gasteiger partial charge in [-0.05, 0) is 24.1 Å². The molecule has 0 heterocycles. The minimum absolute atomic E-state index is 0.134. The molecule has 0 aliphatic carbocycles. The average molecular weight is 221 g/mol. The summed E-state index contributed by atoms with van der Waals surface area (Å²) in [5.41, 5.74) is 6.24. The molecule has 86 valence electrons. The molecule has 0 saturated heterocycles. The highest BCUT2D eigenvalue weighted by molar-refractivity contribution is 5.70. The van der Waals surface area contributed by atoms with Crippen LogP contribution >= 0.6 is 0 Å². The van der Waals surface area contributed by atoms with E-state index in [1.807, 2.05) is 6.08 Å². The number of phenolic OH excluding ortho intramolecular Hbond substituents is 1. The Morgan fingerprint density at radius 2 is 2.00 bits per heavy atom. The largest absolute Gasteiger partial charge is 0.508 e. The molecule has 0 aromatic heterocycles. The first-order chi connectivity index (χ1) is 7.63. The molecule has 1 atom stereocenters. The number of nitrogens with two attached hydrogens (primary N) is 1. The lowest BCUT2D eigenvalue weighted by Gasteiger charge is -2.04. The second-order valence-electron chi connectivity index (χ2n) is 3.50. The summed E-state index contributed by atoms with van der Waals surface area (Å²) in [5, 5.41) is 17.8. The quantitative estimate of drug-likeness (QED) is 0.702. The maximum Gasteiger partial charge on any atom is 0.308 e. The Morgan fingerprint density at radius 3 is 2.50 bits per heavy atom. The second-order valence-corrected chi connectivity index (χ2v) is 3.50. The van der Waals surface area contributed by atoms with E-state index in [1.165, 1.54) is 0 Å². The van der Waals surface area contributed by atoms with E-state index in [4.69, 9.17) is 15.9 Å². The van der Waals surface area contributed by atoms with Crippen molar-refractivity contribution < 1.29 is 15.0 Å². The molecule has 1 aromatic rings. The van der Waals surface area contributed by atoms with Crippen LogP contribution in [0, 0.1) is 5.92 Å². The number of benzene rings is 1. The lowest BCUT2D eigenvalue weighted by atomic mass is 10.1. The van der Waals surface area contributed by atoms with Gasteiger partial charge in [0.15, 0.2) is 0 Å². The van der Waals surface area contributed by atoms with E-state index in [0.29, 0.717) is 6.42 Å². The van der Waals surface area contributed by atoms with Crippen LogP contribution in [-0.4, -0.2) is 22.7 Å². The Labute approximate surface area is 94.0 Å². The zero-order chi connectivity index (χ0) is 12.0. The molecule has 4 N–H and O–H groups in total. The fourth-order valence-corrected chi connectivity index (χ4v) is 1.25. The molecule has 4 nitrogen and oxygen atoms in total. The fraction of sp³-hybridized carbons (Fsp3) is 0.250. The Kier molecular flexibility index (Phi) is 4.54. The Hall–Kier alpha value is -1.81. The molecule has 0 aliphatic rings. The van der Waals surface area contributed by atoms with Crippen LogP contribution in [0.15, 0.2) is 30.3 Å². The van der Waals surface area contributed by atoms with Crippen LogP contribution in [0.2, 0.25) is 0 Å². The van der Waals surface area contributed by atoms with Crippen LogP contribution in [0.3, 0.4) is 0 Å². The minimum Gasteiger partial charge on any atom is -0.508 e. The van der Waals surface area contributed by atoms with Crippen LogP contribution < -0.4 is 5.73 Å². The lowest BCUT2D eigenvalue weighted by molar-refractivity contribution is -0.141. The van der Waals surface area contributed by atoms with Crippen molar-refractivity contribution in [1.82, 2.24) is 0 Å². The molecule has 1 rings (SSSR count). The SMILES string of the molecule is NCC(CC=Cc1ccc(O)cc1)C(=O)O. The number of aromatic hydroxyl groups is 1. The summed E-state index contributed by atoms with van der Waals surface area (Å²) in [7, 11) is 0. The summed E-state index contributed by atoms with van der Waals surface area (Å²) in [4.78, 5) is 10.7. The van der Waals surface area contributed by atoms with Gasteiger partial charge in [-0.15, -0.1) is 0 Å². The summed E-state index contributed by atoms with van der Waals surface area (Å²) in [6.45, 7) is 0.134. The lowest BCUT2D eigenvalue weighted by Crippen LogP contribution is -2.22. The van der Waals surface area contributed by atoms with Crippen LogP contribution in [0.4, 0.5) is 0 Å². The maximum atomic E-state index is 10.7. The van der Waals surface area contributed by atoms with Crippen molar-refractivity contribution in [3.8, 4) is 5.75 Å². The summed E-state index contributed by atoms with van der Waals surface area (Å²) in [6, 6.07) is 6.67. The first-order valence-corrected chi connectivity index (χ1v) is 5.02. The van der Waals surface area contributed by atoms with E-state index >= 15 is 0 Å². The standard InChI is InChI=1S/C12H15NO3/c13-8-10(12(15)16)3-1-2-9-4-6-11(14)7-5-9/h1-2,4-7,10,14H,3,8,13H2,(H,15,16). The molecule has 0 fully saturated rings. The zero-order valence-electron chi connectivity index (χ0n) is 8.84. The van der Waals surface area contributed by atoms with Gasteiger partial charge in [-0.25, -0.2) is 0 Å². The van der Waals surface area contributed by atoms with E-state index < -0.39 is 11.9 Å². The van der Waals surface area contributed by atoms with Crippen molar-refractivity contribution in [2.24, 2.45) is 11.7 Å². The summed E-state index contributed by atoms with van der Waals surface area (Å²) in [5.74, 6) is -1.20. The zero-order valence-corrected chi connectivity index (χ0v) is 8.84. The third-order valence-electron chi connectivity index (χ3n) is 2.26. The second kappa shape index (κ2) is 5.92. The number of phenols is 1. The monoisotopic (exact) mass is 221 g/mol. The number of allylic oxidation sites excluding steroid dienone is 1. The van der Waals surface area contributed by atoms with Gasteiger partial charge in [0.1, 0.15) is 5.75 Å². The third kappa shape index (κ3) is 3.74. The smallest absolute Gasteiger partial charge is 0.308 e. The van der Waals surface area contributed by atoms with E-state index in [2.05, 4.69) is 0 Å². The van der Waals surface area contributed by atoms with Crippen molar-refractivity contribution in [2.45, 2.75) is 6.42 Å². The number of aliphatic carboxylic acids is 1. The van der Waals surface area contributed by atoms with Gasteiger partial charge in [-0.2, -0.15) is 0 Å². The normalized spacial score (nSPS) is 12.8. The molecule has 0 aliphatic heterocycles. The van der Waals surface area contributed by atoms with Crippen LogP contribution in [0.25, 0.3) is 6.08 Å². The highest BCUT2D eigenvalue weighted by atomic mass is 16.4. The highest BCUT2D eigenvalue weighted by Gasteiger charge is 2.12. The van der Waals surface area contributed by atoms with Gasteiger partial charge >= 0.3 is 5.97 Å². The van der Waals surface area contributed by atoms with Gasteiger partial charge in [0, 0.05) is 6.54 Å². The van der Waals surface area contributed by atoms with E-state index in [9.17, 15) is 4.79 Å². The predicted octanol–water partition coefficient (Wildman–Crippen LogP) is 1.46. The third-order valence-corrected chi connectivity index (χ3v) is 2.26. The Balaban J connectivity index is 2.54. The fourth-order valence-electron chi connectivity index (χ4n) is 1.25. The molecule has 1 aromatic carbocycles. The number of hydrogen-bond acceptors (Lipinski definition) is 3. The molecule has 16 heavy (non-hydrogen) atoms. The van der Waals surface area contributed by atoms with Gasteiger partial charge in [-0.1, -0.05) is 24.3 Å². The van der Waals surface area contributed by atoms with Crippen LogP contribution in [0.5, 0.6) is 5.75 Å². The van der Waals surface area contributed by atoms with Crippen molar-refractivity contribution in [3.63, 3.8) is 0 Å². The van der Waals surface area contributed by atoms with Crippen molar-refractivity contribution in [2.75, 3.05) is 6.54 Å². The van der Waals surface area contributed by atoms with Crippen molar-refractivity contribution in [3.05, 3.63) is 35.9 Å². The minimum atomic E-state index is -0.877. The van der Waals surface area contributed by atoms with Gasteiger partial charge < -0.3 is 15.9 Å². The highest BCUT2D eigenvalue weighted by Crippen LogP contribution is 2.12. The van der Waals surface area contributed by atoms with Crippen LogP contribution in [-0.2, 0) is 4.79 Å². The molecular weight excluding hydrogens is 206 g/mol. The van der Waals surface area contributed by atoms with Crippen molar-refractivity contribution >= 4 is 12.0 Å². The van der Waals surface area contributed by atoms with E-state index in [0.717, 1.165) is 5.56 Å². The van der Waals surface area contributed by atoms with Gasteiger partial charge in [0.2, 0.25) is 0 Å². The van der Waals surface area contributed by atoms with E-state index in [1.54, 1.807) is 30.3 Å². The number of hydrogen-bond donors (Lipinski definition) is 3. The first-order valence-electron chi connectivity index (χ1n) is 5.02. The van der Waals surface area contributed by atoms with Crippen LogP contribution in [0.1, 0.15) is 12.0 Å². The van der Waals surface area contributed by atoms with Gasteiger partial charge in [0.05, 0.1) is 5.92 Å². The van der Waals surface area contributed by atoms with Gasteiger partial charge in [-0.3, -0.25) is 4.79 Å². The molecule has 0 radical (unpaired) electrons. The molecule has 0 bridgehead atoms.